The predicted molar refractivity (Wildman–Crippen MR) is 111 cm³/mol. The van der Waals surface area contributed by atoms with Gasteiger partial charge in [0.15, 0.2) is 0 Å². The van der Waals surface area contributed by atoms with E-state index in [0.29, 0.717) is 0 Å². The molecule has 0 radical (unpaired) electrons. The molecule has 1 saturated heterocycles. The topological polar surface area (TPSA) is 68.8 Å². The van der Waals surface area contributed by atoms with Crippen molar-refractivity contribution >= 4 is 5.91 Å². The van der Waals surface area contributed by atoms with Crippen LogP contribution in [0, 0.1) is 6.92 Å². The molecule has 7 heteroatoms. The molecule has 1 amide bonds. The van der Waals surface area contributed by atoms with Crippen LogP contribution in [0.15, 0.2) is 42.9 Å². The van der Waals surface area contributed by atoms with Crippen molar-refractivity contribution in [2.24, 2.45) is 0 Å². The van der Waals surface area contributed by atoms with Crippen LogP contribution in [0.3, 0.4) is 0 Å². The highest BCUT2D eigenvalue weighted by molar-refractivity contribution is 5.95. The van der Waals surface area contributed by atoms with E-state index in [-0.39, 0.29) is 11.9 Å². The number of hydrogen-bond acceptors (Lipinski definition) is 4. The summed E-state index contributed by atoms with van der Waals surface area (Å²) < 4.78 is 3.98. The molecule has 3 heterocycles. The summed E-state index contributed by atoms with van der Waals surface area (Å²) in [5, 5.41) is 12.8. The van der Waals surface area contributed by atoms with E-state index in [1.807, 2.05) is 41.6 Å². The van der Waals surface area contributed by atoms with E-state index in [1.165, 1.54) is 5.56 Å². The minimum absolute atomic E-state index is 0.107. The van der Waals surface area contributed by atoms with E-state index in [4.69, 9.17) is 0 Å². The minimum atomic E-state index is 0.107. The van der Waals surface area contributed by atoms with Gasteiger partial charge in [-0.1, -0.05) is 30.3 Å². The number of nitrogens with zero attached hydrogens (tertiary/aromatic N) is 6. The van der Waals surface area contributed by atoms with E-state index in [0.717, 1.165) is 62.4 Å². The summed E-state index contributed by atoms with van der Waals surface area (Å²) in [5.41, 5.74) is 2.91. The van der Waals surface area contributed by atoms with Gasteiger partial charge in [0.1, 0.15) is 12.2 Å². The van der Waals surface area contributed by atoms with Gasteiger partial charge < -0.3 is 9.47 Å². The van der Waals surface area contributed by atoms with E-state index in [2.05, 4.69) is 32.0 Å². The Morgan fingerprint density at radius 3 is 2.83 bits per heavy atom. The van der Waals surface area contributed by atoms with Crippen molar-refractivity contribution in [2.75, 3.05) is 6.54 Å². The van der Waals surface area contributed by atoms with Gasteiger partial charge in [-0.2, -0.15) is 5.10 Å². The fourth-order valence-electron chi connectivity index (χ4n) is 4.21. The summed E-state index contributed by atoms with van der Waals surface area (Å²) in [4.78, 5) is 15.1. The lowest BCUT2D eigenvalue weighted by Gasteiger charge is -2.24. The Bertz CT molecular complexity index is 961. The van der Waals surface area contributed by atoms with E-state index < -0.39 is 0 Å². The lowest BCUT2D eigenvalue weighted by Crippen LogP contribution is -2.36. The zero-order chi connectivity index (χ0) is 20.2. The number of aryl methyl sites for hydroxylation is 2. The first-order valence-electron chi connectivity index (χ1n) is 10.4. The lowest BCUT2D eigenvalue weighted by molar-refractivity contribution is 0.0729. The summed E-state index contributed by atoms with van der Waals surface area (Å²) in [7, 11) is 0. The maximum Gasteiger partial charge on any atom is 0.257 e. The molecular weight excluding hydrogens is 364 g/mol. The molecule has 0 saturated carbocycles. The monoisotopic (exact) mass is 392 g/mol. The van der Waals surface area contributed by atoms with E-state index >= 15 is 0 Å². The Hall–Kier alpha value is -2.96. The van der Waals surface area contributed by atoms with Crippen LogP contribution in [0.5, 0.6) is 0 Å². The molecule has 2 aromatic heterocycles. The first-order chi connectivity index (χ1) is 14.2. The molecule has 1 aliphatic heterocycles. The maximum absolute atomic E-state index is 13.1. The summed E-state index contributed by atoms with van der Waals surface area (Å²) >= 11 is 0. The number of hydrogen-bond donors (Lipinski definition) is 0. The van der Waals surface area contributed by atoms with Gasteiger partial charge >= 0.3 is 0 Å². The standard InChI is InChI=1S/C22H28N6O/c1-3-28-17(2)20(14-24-28)22(29)27-13-7-10-19(27)11-12-21-25-23-16-26(21)15-18-8-5-4-6-9-18/h4-6,8-9,14,16,19H,3,7,10-13,15H2,1-2H3. The first kappa shape index (κ1) is 19.4. The second-order valence-corrected chi connectivity index (χ2v) is 7.65. The van der Waals surface area contributed by atoms with Crippen molar-refractivity contribution in [1.29, 1.82) is 0 Å². The van der Waals surface area contributed by atoms with Crippen LogP contribution in [-0.2, 0) is 19.5 Å². The van der Waals surface area contributed by atoms with Crippen LogP contribution in [-0.4, -0.2) is 47.9 Å². The quantitative estimate of drug-likeness (QED) is 0.620. The SMILES string of the molecule is CCn1ncc(C(=O)N2CCCC2CCc2nncn2Cc2ccccc2)c1C. The fourth-order valence-corrected chi connectivity index (χ4v) is 4.21. The number of carbonyl (C=O) groups excluding carboxylic acids is 1. The van der Waals surface area contributed by atoms with Crippen LogP contribution < -0.4 is 0 Å². The first-order valence-corrected chi connectivity index (χ1v) is 10.4. The molecule has 3 aromatic rings. The van der Waals surface area contributed by atoms with Gasteiger partial charge in [-0.05, 0) is 38.7 Å². The van der Waals surface area contributed by atoms with Crippen molar-refractivity contribution in [2.45, 2.75) is 58.7 Å². The molecule has 1 fully saturated rings. The highest BCUT2D eigenvalue weighted by Crippen LogP contribution is 2.25. The highest BCUT2D eigenvalue weighted by Gasteiger charge is 2.31. The molecule has 1 unspecified atom stereocenters. The molecule has 0 N–H and O–H groups in total. The van der Waals surface area contributed by atoms with Crippen LogP contribution in [0.1, 0.15) is 53.6 Å². The van der Waals surface area contributed by atoms with Gasteiger partial charge in [0.2, 0.25) is 0 Å². The lowest BCUT2D eigenvalue weighted by atomic mass is 10.1. The van der Waals surface area contributed by atoms with Gasteiger partial charge in [-0.15, -0.1) is 10.2 Å². The zero-order valence-corrected chi connectivity index (χ0v) is 17.2. The van der Waals surface area contributed by atoms with Crippen LogP contribution >= 0.6 is 0 Å². The van der Waals surface area contributed by atoms with E-state index in [9.17, 15) is 4.79 Å². The summed E-state index contributed by atoms with van der Waals surface area (Å²) in [6.07, 6.45) is 7.32. The van der Waals surface area contributed by atoms with Gasteiger partial charge in [-0.3, -0.25) is 9.48 Å². The van der Waals surface area contributed by atoms with Crippen LogP contribution in [0.4, 0.5) is 0 Å². The van der Waals surface area contributed by atoms with Crippen molar-refractivity contribution in [1.82, 2.24) is 29.4 Å². The Morgan fingerprint density at radius 2 is 2.07 bits per heavy atom. The third-order valence-corrected chi connectivity index (χ3v) is 5.86. The third kappa shape index (κ3) is 4.09. The van der Waals surface area contributed by atoms with Crippen molar-refractivity contribution in [3.63, 3.8) is 0 Å². The maximum atomic E-state index is 13.1. The Morgan fingerprint density at radius 1 is 1.24 bits per heavy atom. The molecule has 1 aromatic carbocycles. The molecular formula is C22H28N6O. The van der Waals surface area contributed by atoms with Crippen molar-refractivity contribution in [3.8, 4) is 0 Å². The zero-order valence-electron chi connectivity index (χ0n) is 17.2. The van der Waals surface area contributed by atoms with Crippen molar-refractivity contribution in [3.05, 3.63) is 65.5 Å². The van der Waals surface area contributed by atoms with Crippen LogP contribution in [0.2, 0.25) is 0 Å². The molecule has 1 atom stereocenters. The molecule has 29 heavy (non-hydrogen) atoms. The number of rotatable bonds is 7. The molecule has 4 rings (SSSR count). The number of carbonyl (C=O) groups is 1. The van der Waals surface area contributed by atoms with Gasteiger partial charge in [0, 0.05) is 31.2 Å². The minimum Gasteiger partial charge on any atom is -0.336 e. The Kier molecular flexibility index (Phi) is 5.74. The fraction of sp³-hybridized carbons (Fsp3) is 0.455. The average Bonchev–Trinajstić information content (AvgIpc) is 3.46. The highest BCUT2D eigenvalue weighted by atomic mass is 16.2. The van der Waals surface area contributed by atoms with E-state index in [1.54, 1.807) is 12.5 Å². The molecule has 0 aliphatic carbocycles. The number of amides is 1. The second-order valence-electron chi connectivity index (χ2n) is 7.65. The summed E-state index contributed by atoms with van der Waals surface area (Å²) in [6.45, 7) is 6.38. The van der Waals surface area contributed by atoms with Crippen molar-refractivity contribution < 1.29 is 4.79 Å². The average molecular weight is 393 g/mol. The van der Waals surface area contributed by atoms with Gasteiger partial charge in [0.25, 0.3) is 5.91 Å². The number of likely N-dealkylation sites (tertiary alicyclic amines) is 1. The molecule has 0 bridgehead atoms. The molecule has 7 nitrogen and oxygen atoms in total. The Balaban J connectivity index is 1.41. The van der Waals surface area contributed by atoms with Gasteiger partial charge in [-0.25, -0.2) is 0 Å². The Labute approximate surface area is 171 Å². The second kappa shape index (κ2) is 8.59. The molecule has 0 spiro atoms. The van der Waals surface area contributed by atoms with Gasteiger partial charge in [0.05, 0.1) is 18.3 Å². The van der Waals surface area contributed by atoms with Crippen LogP contribution in [0.25, 0.3) is 0 Å². The summed E-state index contributed by atoms with van der Waals surface area (Å²) in [6, 6.07) is 10.6. The molecule has 152 valence electrons. The third-order valence-electron chi connectivity index (χ3n) is 5.86. The largest absolute Gasteiger partial charge is 0.336 e. The smallest absolute Gasteiger partial charge is 0.257 e. The number of aromatic nitrogens is 5. The number of benzene rings is 1. The molecule has 1 aliphatic rings. The predicted octanol–water partition coefficient (Wildman–Crippen LogP) is 3.09. The summed E-state index contributed by atoms with van der Waals surface area (Å²) in [5.74, 6) is 1.08. The normalized spacial score (nSPS) is 16.5.